The van der Waals surface area contributed by atoms with Gasteiger partial charge >= 0.3 is 0 Å². The average Bonchev–Trinajstić information content (AvgIpc) is 2.34. The summed E-state index contributed by atoms with van der Waals surface area (Å²) in [7, 11) is 2.09. The van der Waals surface area contributed by atoms with Gasteiger partial charge in [0.05, 0.1) is 6.04 Å². The minimum atomic E-state index is 0.185. The molecule has 0 amide bonds. The number of nitrogens with zero attached hydrogens (tertiary/aromatic N) is 1. The highest BCUT2D eigenvalue weighted by molar-refractivity contribution is 7.99. The monoisotopic (exact) mass is 257 g/mol. The number of unbranched alkanes of at least 4 members (excludes halogenated alkanes) is 1. The first-order valence-electron chi connectivity index (χ1n) is 6.99. The third-order valence-corrected chi connectivity index (χ3v) is 4.82. The lowest BCUT2D eigenvalue weighted by atomic mass is 9.91. The largest absolute Gasteiger partial charge is 0.298 e. The van der Waals surface area contributed by atoms with Crippen LogP contribution in [0.3, 0.4) is 0 Å². The van der Waals surface area contributed by atoms with E-state index in [0.29, 0.717) is 11.7 Å². The summed E-state index contributed by atoms with van der Waals surface area (Å²) in [6.07, 6.45) is 5.68. The van der Waals surface area contributed by atoms with E-state index in [1.165, 1.54) is 25.0 Å². The zero-order valence-electron chi connectivity index (χ0n) is 11.6. The van der Waals surface area contributed by atoms with Crippen LogP contribution < -0.4 is 0 Å². The molecular formula is C14H27NOS. The lowest BCUT2D eigenvalue weighted by Crippen LogP contribution is -2.45. The predicted octanol–water partition coefficient (Wildman–Crippen LogP) is 3.21. The maximum atomic E-state index is 12.3. The van der Waals surface area contributed by atoms with Gasteiger partial charge in [0.25, 0.3) is 0 Å². The fraction of sp³-hybridized carbons (Fsp3) is 0.929. The van der Waals surface area contributed by atoms with Gasteiger partial charge in [-0.2, -0.15) is 11.8 Å². The van der Waals surface area contributed by atoms with Crippen LogP contribution in [0.5, 0.6) is 0 Å². The van der Waals surface area contributed by atoms with E-state index in [-0.39, 0.29) is 6.04 Å². The van der Waals surface area contributed by atoms with Crippen molar-refractivity contribution in [1.82, 2.24) is 4.90 Å². The Morgan fingerprint density at radius 3 is 2.82 bits per heavy atom. The first-order chi connectivity index (χ1) is 8.19. The van der Waals surface area contributed by atoms with Gasteiger partial charge in [0.1, 0.15) is 0 Å². The minimum absolute atomic E-state index is 0.185. The smallest absolute Gasteiger partial charge is 0.151 e. The number of Topliss-reactive ketones (excluding diaryl/α,β-unsaturated/α-hetero) is 1. The van der Waals surface area contributed by atoms with Gasteiger partial charge in [-0.25, -0.2) is 0 Å². The molecular weight excluding hydrogens is 230 g/mol. The summed E-state index contributed by atoms with van der Waals surface area (Å²) in [4.78, 5) is 14.5. The van der Waals surface area contributed by atoms with Crippen molar-refractivity contribution in [2.45, 2.75) is 52.0 Å². The second-order valence-electron chi connectivity index (χ2n) is 5.16. The zero-order chi connectivity index (χ0) is 12.7. The number of thioether (sulfide) groups is 1. The van der Waals surface area contributed by atoms with Gasteiger partial charge in [-0.1, -0.05) is 39.5 Å². The van der Waals surface area contributed by atoms with E-state index in [1.807, 2.05) is 11.8 Å². The van der Waals surface area contributed by atoms with Gasteiger partial charge in [-0.15, -0.1) is 0 Å². The average molecular weight is 257 g/mol. The number of ketones is 1. The van der Waals surface area contributed by atoms with Gasteiger partial charge in [-0.05, 0) is 13.0 Å². The molecule has 0 aromatic rings. The second kappa shape index (κ2) is 8.15. The lowest BCUT2D eigenvalue weighted by Gasteiger charge is -2.31. The molecule has 0 spiro atoms. The quantitative estimate of drug-likeness (QED) is 0.698. The third kappa shape index (κ3) is 5.01. The highest BCUT2D eigenvalue weighted by Gasteiger charge is 2.27. The molecule has 1 rings (SSSR count). The molecule has 0 radical (unpaired) electrons. The van der Waals surface area contributed by atoms with E-state index >= 15 is 0 Å². The molecule has 100 valence electrons. The fourth-order valence-electron chi connectivity index (χ4n) is 2.39. The van der Waals surface area contributed by atoms with Crippen molar-refractivity contribution in [3.63, 3.8) is 0 Å². The van der Waals surface area contributed by atoms with Gasteiger partial charge < -0.3 is 0 Å². The van der Waals surface area contributed by atoms with E-state index in [4.69, 9.17) is 0 Å². The Balaban J connectivity index is 2.39. The number of carbonyl (C=O) groups is 1. The van der Waals surface area contributed by atoms with Crippen LogP contribution in [-0.4, -0.2) is 41.8 Å². The van der Waals surface area contributed by atoms with Crippen molar-refractivity contribution in [2.75, 3.05) is 25.1 Å². The Kier molecular flexibility index (Phi) is 7.21. The number of hydrogen-bond acceptors (Lipinski definition) is 3. The molecule has 0 aromatic carbocycles. The van der Waals surface area contributed by atoms with Crippen LogP contribution in [0.15, 0.2) is 0 Å². The van der Waals surface area contributed by atoms with Crippen LogP contribution in [-0.2, 0) is 4.79 Å². The van der Waals surface area contributed by atoms with Crippen molar-refractivity contribution in [1.29, 1.82) is 0 Å². The highest BCUT2D eigenvalue weighted by Crippen LogP contribution is 2.22. The molecule has 2 atom stereocenters. The van der Waals surface area contributed by atoms with Crippen LogP contribution in [0, 0.1) is 5.92 Å². The number of rotatable bonds is 7. The topological polar surface area (TPSA) is 20.3 Å². The lowest BCUT2D eigenvalue weighted by molar-refractivity contribution is -0.124. The number of carbonyl (C=O) groups excluding carboxylic acids is 1. The SMILES string of the molecule is CCCCC(CC)CC(=O)C1CSCCN1C. The Morgan fingerprint density at radius 1 is 1.47 bits per heavy atom. The van der Waals surface area contributed by atoms with E-state index in [1.54, 1.807) is 0 Å². The van der Waals surface area contributed by atoms with Crippen LogP contribution in [0.4, 0.5) is 0 Å². The van der Waals surface area contributed by atoms with Crippen molar-refractivity contribution in [3.8, 4) is 0 Å². The van der Waals surface area contributed by atoms with Gasteiger partial charge in [0.2, 0.25) is 0 Å². The third-order valence-electron chi connectivity index (χ3n) is 3.80. The molecule has 0 aromatic heterocycles. The molecule has 1 saturated heterocycles. The normalized spacial score (nSPS) is 23.6. The van der Waals surface area contributed by atoms with E-state index in [2.05, 4.69) is 25.8 Å². The number of hydrogen-bond donors (Lipinski definition) is 0. The zero-order valence-corrected chi connectivity index (χ0v) is 12.4. The van der Waals surface area contributed by atoms with Crippen LogP contribution >= 0.6 is 11.8 Å². The Morgan fingerprint density at radius 2 is 2.24 bits per heavy atom. The molecule has 0 bridgehead atoms. The van der Waals surface area contributed by atoms with E-state index in [9.17, 15) is 4.79 Å². The molecule has 1 aliphatic heterocycles. The fourth-order valence-corrected chi connectivity index (χ4v) is 3.64. The van der Waals surface area contributed by atoms with Crippen LogP contribution in [0.2, 0.25) is 0 Å². The van der Waals surface area contributed by atoms with Crippen molar-refractivity contribution < 1.29 is 4.79 Å². The molecule has 0 N–H and O–H groups in total. The standard InChI is InChI=1S/C14H27NOS/c1-4-6-7-12(5-2)10-14(16)13-11-17-9-8-15(13)3/h12-13H,4-11H2,1-3H3. The highest BCUT2D eigenvalue weighted by atomic mass is 32.2. The Hall–Kier alpha value is -0.0200. The van der Waals surface area contributed by atoms with E-state index < -0.39 is 0 Å². The van der Waals surface area contributed by atoms with Crippen molar-refractivity contribution in [3.05, 3.63) is 0 Å². The van der Waals surface area contributed by atoms with Crippen LogP contribution in [0.1, 0.15) is 46.0 Å². The maximum Gasteiger partial charge on any atom is 0.151 e. The Bertz CT molecular complexity index is 232. The van der Waals surface area contributed by atoms with Crippen molar-refractivity contribution in [2.24, 2.45) is 5.92 Å². The summed E-state index contributed by atoms with van der Waals surface area (Å²) in [6.45, 7) is 5.50. The van der Waals surface area contributed by atoms with Crippen molar-refractivity contribution >= 4 is 17.5 Å². The summed E-state index contributed by atoms with van der Waals surface area (Å²) in [5, 5.41) is 0. The van der Waals surface area contributed by atoms with Gasteiger partial charge in [-0.3, -0.25) is 9.69 Å². The molecule has 1 heterocycles. The molecule has 1 fully saturated rings. The summed E-state index contributed by atoms with van der Waals surface area (Å²) in [5.41, 5.74) is 0. The van der Waals surface area contributed by atoms with Crippen LogP contribution in [0.25, 0.3) is 0 Å². The summed E-state index contributed by atoms with van der Waals surface area (Å²) in [5.74, 6) is 3.26. The van der Waals surface area contributed by atoms with Gasteiger partial charge in [0.15, 0.2) is 5.78 Å². The summed E-state index contributed by atoms with van der Waals surface area (Å²) < 4.78 is 0. The molecule has 3 heteroatoms. The predicted molar refractivity (Wildman–Crippen MR) is 76.7 cm³/mol. The molecule has 0 saturated carbocycles. The first kappa shape index (κ1) is 15.0. The minimum Gasteiger partial charge on any atom is -0.298 e. The number of likely N-dealkylation sites (N-methyl/N-ethyl adjacent to an activating group) is 1. The molecule has 1 aliphatic rings. The molecule has 17 heavy (non-hydrogen) atoms. The Labute approximate surface area is 111 Å². The van der Waals surface area contributed by atoms with E-state index in [0.717, 1.165) is 25.1 Å². The molecule has 2 nitrogen and oxygen atoms in total. The summed E-state index contributed by atoms with van der Waals surface area (Å²) in [6, 6.07) is 0.185. The molecule has 2 unspecified atom stereocenters. The second-order valence-corrected chi connectivity index (χ2v) is 6.31. The maximum absolute atomic E-state index is 12.3. The van der Waals surface area contributed by atoms with Gasteiger partial charge in [0, 0.05) is 24.5 Å². The summed E-state index contributed by atoms with van der Waals surface area (Å²) >= 11 is 1.93. The molecule has 0 aliphatic carbocycles. The first-order valence-corrected chi connectivity index (χ1v) is 8.15.